The van der Waals surface area contributed by atoms with E-state index in [1.165, 1.54) is 6.92 Å². The summed E-state index contributed by atoms with van der Waals surface area (Å²) < 4.78 is 5.00. The van der Waals surface area contributed by atoms with E-state index in [9.17, 15) is 4.79 Å². The van der Waals surface area contributed by atoms with Crippen LogP contribution in [0.2, 0.25) is 0 Å². The lowest BCUT2D eigenvalue weighted by atomic mass is 10.1. The van der Waals surface area contributed by atoms with Gasteiger partial charge in [-0.3, -0.25) is 4.79 Å². The molecule has 0 amide bonds. The molecule has 1 rings (SSSR count). The zero-order valence-electron chi connectivity index (χ0n) is 8.24. The number of carbonyl (C=O) groups excluding carboxylic acids is 1. The first-order valence-electron chi connectivity index (χ1n) is 4.47. The molecule has 0 aliphatic rings. The lowest BCUT2D eigenvalue weighted by Crippen LogP contribution is -2.17. The topological polar surface area (TPSA) is 26.3 Å². The number of rotatable bonds is 3. The maximum absolute atomic E-state index is 10.7. The molecule has 0 fully saturated rings. The van der Waals surface area contributed by atoms with Crippen LogP contribution in [0.5, 0.6) is 0 Å². The van der Waals surface area contributed by atoms with Gasteiger partial charge in [-0.05, 0) is 12.5 Å². The fourth-order valence-electron chi connectivity index (χ4n) is 1.23. The summed E-state index contributed by atoms with van der Waals surface area (Å²) in [7, 11) is 0. The van der Waals surface area contributed by atoms with Gasteiger partial charge in [-0.15, -0.1) is 11.6 Å². The van der Waals surface area contributed by atoms with Crippen LogP contribution in [0.4, 0.5) is 0 Å². The number of esters is 1. The smallest absolute Gasteiger partial charge is 0.302 e. The second kappa shape index (κ2) is 5.01. The maximum Gasteiger partial charge on any atom is 0.302 e. The molecule has 0 radical (unpaired) electrons. The predicted molar refractivity (Wildman–Crippen MR) is 56.3 cm³/mol. The second-order valence-corrected chi connectivity index (χ2v) is 3.60. The van der Waals surface area contributed by atoms with Crippen LogP contribution in [-0.2, 0) is 9.53 Å². The number of ether oxygens (including phenoxy) is 1. The SMILES string of the molecule is CC(=O)O[C@H](C)[C@@H](Cl)c1ccccc1. The van der Waals surface area contributed by atoms with Gasteiger partial charge in [0.15, 0.2) is 0 Å². The van der Waals surface area contributed by atoms with Gasteiger partial charge in [0.2, 0.25) is 0 Å². The van der Waals surface area contributed by atoms with E-state index in [0.717, 1.165) is 5.56 Å². The molecule has 3 heteroatoms. The largest absolute Gasteiger partial charge is 0.461 e. The molecule has 1 aromatic carbocycles. The molecule has 0 heterocycles. The summed E-state index contributed by atoms with van der Waals surface area (Å²) >= 11 is 6.12. The van der Waals surface area contributed by atoms with Crippen LogP contribution in [0.15, 0.2) is 30.3 Å². The number of carbonyl (C=O) groups is 1. The van der Waals surface area contributed by atoms with Crippen LogP contribution in [0.1, 0.15) is 24.8 Å². The minimum atomic E-state index is -0.309. The third-order valence-corrected chi connectivity index (χ3v) is 2.49. The van der Waals surface area contributed by atoms with Gasteiger partial charge in [0.25, 0.3) is 0 Å². The second-order valence-electron chi connectivity index (χ2n) is 3.13. The monoisotopic (exact) mass is 212 g/mol. The molecule has 0 aliphatic carbocycles. The number of benzene rings is 1. The third kappa shape index (κ3) is 3.04. The highest BCUT2D eigenvalue weighted by atomic mass is 35.5. The summed E-state index contributed by atoms with van der Waals surface area (Å²) in [5, 5.41) is -0.292. The van der Waals surface area contributed by atoms with Crippen molar-refractivity contribution in [3.05, 3.63) is 35.9 Å². The normalized spacial score (nSPS) is 14.5. The van der Waals surface area contributed by atoms with Crippen molar-refractivity contribution in [1.82, 2.24) is 0 Å². The van der Waals surface area contributed by atoms with Crippen molar-refractivity contribution in [2.24, 2.45) is 0 Å². The molecule has 0 bridgehead atoms. The van der Waals surface area contributed by atoms with Crippen LogP contribution in [-0.4, -0.2) is 12.1 Å². The van der Waals surface area contributed by atoms with Gasteiger partial charge in [0.05, 0.1) is 5.38 Å². The molecular formula is C11H13ClO2. The Morgan fingerprint density at radius 3 is 2.43 bits per heavy atom. The summed E-state index contributed by atoms with van der Waals surface area (Å²) in [6.45, 7) is 3.16. The Balaban J connectivity index is 2.65. The Hall–Kier alpha value is -1.02. The first-order chi connectivity index (χ1) is 6.61. The van der Waals surface area contributed by atoms with Crippen LogP contribution in [0, 0.1) is 0 Å². The lowest BCUT2D eigenvalue weighted by molar-refractivity contribution is -0.145. The van der Waals surface area contributed by atoms with E-state index in [1.807, 2.05) is 30.3 Å². The van der Waals surface area contributed by atoms with Gasteiger partial charge >= 0.3 is 5.97 Å². The number of hydrogen-bond donors (Lipinski definition) is 0. The van der Waals surface area contributed by atoms with E-state index < -0.39 is 0 Å². The first-order valence-corrected chi connectivity index (χ1v) is 4.91. The van der Waals surface area contributed by atoms with E-state index >= 15 is 0 Å². The highest BCUT2D eigenvalue weighted by Crippen LogP contribution is 2.25. The van der Waals surface area contributed by atoms with Crippen molar-refractivity contribution in [3.8, 4) is 0 Å². The average Bonchev–Trinajstić information content (AvgIpc) is 2.17. The summed E-state index contributed by atoms with van der Waals surface area (Å²) in [5.41, 5.74) is 0.961. The van der Waals surface area contributed by atoms with E-state index in [0.29, 0.717) is 0 Å². The van der Waals surface area contributed by atoms with Crippen LogP contribution < -0.4 is 0 Å². The molecule has 0 aliphatic heterocycles. The Bertz CT molecular complexity index is 297. The molecular weight excluding hydrogens is 200 g/mol. The number of hydrogen-bond acceptors (Lipinski definition) is 2. The molecule has 0 saturated carbocycles. The van der Waals surface area contributed by atoms with Crippen molar-refractivity contribution in [1.29, 1.82) is 0 Å². The summed E-state index contributed by atoms with van der Waals surface area (Å²) in [5.74, 6) is -0.306. The highest BCUT2D eigenvalue weighted by Gasteiger charge is 2.18. The average molecular weight is 213 g/mol. The van der Waals surface area contributed by atoms with Crippen molar-refractivity contribution >= 4 is 17.6 Å². The Morgan fingerprint density at radius 2 is 1.93 bits per heavy atom. The minimum absolute atomic E-state index is 0.292. The van der Waals surface area contributed by atoms with Gasteiger partial charge in [0, 0.05) is 6.92 Å². The van der Waals surface area contributed by atoms with Gasteiger partial charge in [-0.2, -0.15) is 0 Å². The van der Waals surface area contributed by atoms with Crippen molar-refractivity contribution in [3.63, 3.8) is 0 Å². The summed E-state index contributed by atoms with van der Waals surface area (Å²) in [6.07, 6.45) is -0.309. The van der Waals surface area contributed by atoms with Crippen LogP contribution in [0.25, 0.3) is 0 Å². The highest BCUT2D eigenvalue weighted by molar-refractivity contribution is 6.21. The number of alkyl halides is 1. The lowest BCUT2D eigenvalue weighted by Gasteiger charge is -2.17. The molecule has 2 nitrogen and oxygen atoms in total. The van der Waals surface area contributed by atoms with Crippen molar-refractivity contribution in [2.75, 3.05) is 0 Å². The zero-order valence-corrected chi connectivity index (χ0v) is 8.99. The molecule has 76 valence electrons. The van der Waals surface area contributed by atoms with Crippen molar-refractivity contribution in [2.45, 2.75) is 25.3 Å². The Kier molecular flexibility index (Phi) is 3.96. The molecule has 0 spiro atoms. The van der Waals surface area contributed by atoms with Gasteiger partial charge in [-0.1, -0.05) is 30.3 Å². The van der Waals surface area contributed by atoms with Gasteiger partial charge in [-0.25, -0.2) is 0 Å². The molecule has 2 atom stereocenters. The first kappa shape index (κ1) is 11.1. The van der Waals surface area contributed by atoms with Crippen LogP contribution in [0.3, 0.4) is 0 Å². The predicted octanol–water partition coefficient (Wildman–Crippen LogP) is 2.92. The Morgan fingerprint density at radius 1 is 1.36 bits per heavy atom. The fraction of sp³-hybridized carbons (Fsp3) is 0.364. The zero-order chi connectivity index (χ0) is 10.6. The quantitative estimate of drug-likeness (QED) is 0.569. The number of halogens is 1. The Labute approximate surface area is 88.8 Å². The van der Waals surface area contributed by atoms with E-state index in [-0.39, 0.29) is 17.5 Å². The van der Waals surface area contributed by atoms with E-state index in [1.54, 1.807) is 6.92 Å². The third-order valence-electron chi connectivity index (χ3n) is 1.88. The van der Waals surface area contributed by atoms with Crippen molar-refractivity contribution < 1.29 is 9.53 Å². The fourth-order valence-corrected chi connectivity index (χ4v) is 1.43. The molecule has 0 saturated heterocycles. The molecule has 0 aromatic heterocycles. The summed E-state index contributed by atoms with van der Waals surface area (Å²) in [6, 6.07) is 9.56. The van der Waals surface area contributed by atoms with E-state index in [2.05, 4.69) is 0 Å². The molecule has 1 aromatic rings. The molecule has 14 heavy (non-hydrogen) atoms. The minimum Gasteiger partial charge on any atom is -0.461 e. The van der Waals surface area contributed by atoms with Crippen LogP contribution >= 0.6 is 11.6 Å². The maximum atomic E-state index is 10.7. The van der Waals surface area contributed by atoms with E-state index in [4.69, 9.17) is 16.3 Å². The summed E-state index contributed by atoms with van der Waals surface area (Å²) in [4.78, 5) is 10.7. The van der Waals surface area contributed by atoms with Gasteiger partial charge < -0.3 is 4.74 Å². The standard InChI is InChI=1S/C11H13ClO2/c1-8(14-9(2)13)11(12)10-6-4-3-5-7-10/h3-8,11H,1-2H3/t8-,11-/m1/s1. The molecule has 0 N–H and O–H groups in total. The van der Waals surface area contributed by atoms with Gasteiger partial charge in [0.1, 0.15) is 6.10 Å². The molecule has 0 unspecified atom stereocenters.